The van der Waals surface area contributed by atoms with Gasteiger partial charge >= 0.3 is 0 Å². The van der Waals surface area contributed by atoms with Crippen LogP contribution in [0.3, 0.4) is 0 Å². The standard InChI is InChI=1S/C41H60O2/c1-32(2)18-14-21-35(5)24-16-26-36(6)25-15-22-33(3)19-12-13-20-34(4)23-17-27-37(7)28-29-39-38(40(8,9)43-11)30-31-41(39,10)42/h12-13,15-20,22-29,38-39,42H,14,21,30-31H2,1-11H3. The summed E-state index contributed by atoms with van der Waals surface area (Å²) >= 11 is 0. The summed E-state index contributed by atoms with van der Waals surface area (Å²) in [6.45, 7) is 21.1. The Hall–Kier alpha value is -2.94. The summed E-state index contributed by atoms with van der Waals surface area (Å²) in [7, 11) is 1.76. The summed E-state index contributed by atoms with van der Waals surface area (Å²) in [5.41, 5.74) is 6.58. The number of aliphatic hydroxyl groups is 1. The van der Waals surface area contributed by atoms with Gasteiger partial charge in [-0.1, -0.05) is 131 Å². The quantitative estimate of drug-likeness (QED) is 0.153. The highest BCUT2D eigenvalue weighted by Crippen LogP contribution is 2.47. The lowest BCUT2D eigenvalue weighted by atomic mass is 9.78. The third kappa shape index (κ3) is 15.9. The van der Waals surface area contributed by atoms with E-state index in [0.29, 0.717) is 5.92 Å². The van der Waals surface area contributed by atoms with E-state index in [1.54, 1.807) is 7.11 Å². The minimum atomic E-state index is -0.698. The molecule has 1 aliphatic carbocycles. The second kappa shape index (κ2) is 19.4. The SMILES string of the molecule is COC(C)(C)C1CCC(C)(O)C1C=CC(C)=CC=CC(C)=CC=CC=C(C)C=CC=C(C)C=CC=C(C)CCC=C(C)C. The third-order valence-electron chi connectivity index (χ3n) is 8.20. The second-order valence-corrected chi connectivity index (χ2v) is 13.1. The summed E-state index contributed by atoms with van der Waals surface area (Å²) in [4.78, 5) is 0. The lowest BCUT2D eigenvalue weighted by Gasteiger charge is -2.36. The molecule has 0 amide bonds. The van der Waals surface area contributed by atoms with Gasteiger partial charge in [0.05, 0.1) is 11.2 Å². The fraction of sp³-hybridized carbons (Fsp3) is 0.463. The highest BCUT2D eigenvalue weighted by molar-refractivity contribution is 5.32. The topological polar surface area (TPSA) is 29.5 Å². The van der Waals surface area contributed by atoms with Gasteiger partial charge in [-0.05, 0) is 101 Å². The molecule has 1 aliphatic rings. The maximum Gasteiger partial charge on any atom is 0.0686 e. The zero-order valence-electron chi connectivity index (χ0n) is 29.1. The molecule has 0 heterocycles. The molecule has 1 saturated carbocycles. The highest BCUT2D eigenvalue weighted by Gasteiger charge is 2.48. The largest absolute Gasteiger partial charge is 0.390 e. The van der Waals surface area contributed by atoms with E-state index in [1.807, 2.05) is 6.92 Å². The van der Waals surface area contributed by atoms with E-state index < -0.39 is 5.60 Å². The first-order chi connectivity index (χ1) is 20.2. The molecule has 236 valence electrons. The number of methoxy groups -OCH3 is 1. The molecule has 1 fully saturated rings. The van der Waals surface area contributed by atoms with Crippen LogP contribution in [0.15, 0.2) is 131 Å². The molecule has 0 aliphatic heterocycles. The van der Waals surface area contributed by atoms with Crippen LogP contribution >= 0.6 is 0 Å². The van der Waals surface area contributed by atoms with Gasteiger partial charge in [0.15, 0.2) is 0 Å². The smallest absolute Gasteiger partial charge is 0.0686 e. The lowest BCUT2D eigenvalue weighted by molar-refractivity contribution is -0.0566. The van der Waals surface area contributed by atoms with Gasteiger partial charge in [-0.3, -0.25) is 0 Å². The molecule has 0 aromatic heterocycles. The van der Waals surface area contributed by atoms with Crippen LogP contribution in [0.2, 0.25) is 0 Å². The van der Waals surface area contributed by atoms with Gasteiger partial charge in [0.2, 0.25) is 0 Å². The molecular formula is C41H60O2. The molecule has 3 atom stereocenters. The van der Waals surface area contributed by atoms with Gasteiger partial charge in [-0.25, -0.2) is 0 Å². The van der Waals surface area contributed by atoms with Crippen LogP contribution in [0.5, 0.6) is 0 Å². The van der Waals surface area contributed by atoms with Gasteiger partial charge in [-0.15, -0.1) is 0 Å². The average Bonchev–Trinajstić information content (AvgIpc) is 3.24. The minimum Gasteiger partial charge on any atom is -0.390 e. The normalized spacial score (nSPS) is 23.8. The summed E-state index contributed by atoms with van der Waals surface area (Å²) in [5.74, 6) is 0.365. The number of rotatable bonds is 15. The van der Waals surface area contributed by atoms with Crippen molar-refractivity contribution >= 4 is 0 Å². The fourth-order valence-electron chi connectivity index (χ4n) is 5.13. The van der Waals surface area contributed by atoms with Crippen LogP contribution in [0.4, 0.5) is 0 Å². The fourth-order valence-corrected chi connectivity index (χ4v) is 5.13. The van der Waals surface area contributed by atoms with Gasteiger partial charge < -0.3 is 9.84 Å². The molecule has 0 radical (unpaired) electrons. The molecule has 2 nitrogen and oxygen atoms in total. The Labute approximate surface area is 265 Å². The predicted octanol–water partition coefficient (Wildman–Crippen LogP) is 11.4. The van der Waals surface area contributed by atoms with Gasteiger partial charge in [0.25, 0.3) is 0 Å². The van der Waals surface area contributed by atoms with Crippen molar-refractivity contribution in [2.24, 2.45) is 11.8 Å². The van der Waals surface area contributed by atoms with Gasteiger partial charge in [-0.2, -0.15) is 0 Å². The molecule has 0 bridgehead atoms. The van der Waals surface area contributed by atoms with Crippen molar-refractivity contribution in [2.45, 2.75) is 106 Å². The highest BCUT2D eigenvalue weighted by atomic mass is 16.5. The van der Waals surface area contributed by atoms with Crippen molar-refractivity contribution in [3.8, 4) is 0 Å². The first-order valence-electron chi connectivity index (χ1n) is 15.8. The lowest BCUT2D eigenvalue weighted by Crippen LogP contribution is -2.40. The van der Waals surface area contributed by atoms with Gasteiger partial charge in [0, 0.05) is 13.0 Å². The Kier molecular flexibility index (Phi) is 17.1. The Balaban J connectivity index is 2.64. The summed E-state index contributed by atoms with van der Waals surface area (Å²) in [6.07, 6.45) is 38.1. The van der Waals surface area contributed by atoms with Crippen LogP contribution in [-0.2, 0) is 4.74 Å². The predicted molar refractivity (Wildman–Crippen MR) is 191 cm³/mol. The monoisotopic (exact) mass is 584 g/mol. The van der Waals surface area contributed by atoms with Crippen LogP contribution in [0, 0.1) is 11.8 Å². The second-order valence-electron chi connectivity index (χ2n) is 13.1. The van der Waals surface area contributed by atoms with E-state index in [0.717, 1.165) is 31.3 Å². The molecule has 1 N–H and O–H groups in total. The van der Waals surface area contributed by atoms with Crippen molar-refractivity contribution < 1.29 is 9.84 Å². The number of ether oxygens (including phenoxy) is 1. The zero-order valence-corrected chi connectivity index (χ0v) is 29.1. The van der Waals surface area contributed by atoms with Crippen molar-refractivity contribution in [1.82, 2.24) is 0 Å². The average molecular weight is 585 g/mol. The third-order valence-corrected chi connectivity index (χ3v) is 8.20. The van der Waals surface area contributed by atoms with Crippen LogP contribution in [0.25, 0.3) is 0 Å². The maximum absolute atomic E-state index is 11.0. The first kappa shape index (κ1) is 38.1. The van der Waals surface area contributed by atoms with E-state index in [2.05, 4.69) is 160 Å². The number of hydrogen-bond acceptors (Lipinski definition) is 2. The van der Waals surface area contributed by atoms with E-state index in [1.165, 1.54) is 27.9 Å². The minimum absolute atomic E-state index is 0.0733. The van der Waals surface area contributed by atoms with Crippen LogP contribution in [-0.4, -0.2) is 23.4 Å². The summed E-state index contributed by atoms with van der Waals surface area (Å²) < 4.78 is 5.76. The van der Waals surface area contributed by atoms with Crippen molar-refractivity contribution in [2.75, 3.05) is 7.11 Å². The van der Waals surface area contributed by atoms with E-state index in [4.69, 9.17) is 4.74 Å². The van der Waals surface area contributed by atoms with E-state index >= 15 is 0 Å². The first-order valence-corrected chi connectivity index (χ1v) is 15.8. The van der Waals surface area contributed by atoms with Crippen molar-refractivity contribution in [3.05, 3.63) is 131 Å². The maximum atomic E-state index is 11.0. The molecule has 3 unspecified atom stereocenters. The van der Waals surface area contributed by atoms with Crippen molar-refractivity contribution in [3.63, 3.8) is 0 Å². The molecular weight excluding hydrogens is 524 g/mol. The molecule has 0 aromatic carbocycles. The molecule has 0 aromatic rings. The Morgan fingerprint density at radius 3 is 1.70 bits per heavy atom. The molecule has 43 heavy (non-hydrogen) atoms. The van der Waals surface area contributed by atoms with Crippen LogP contribution < -0.4 is 0 Å². The Morgan fingerprint density at radius 2 is 1.21 bits per heavy atom. The molecule has 0 saturated heterocycles. The molecule has 0 spiro atoms. The summed E-state index contributed by atoms with van der Waals surface area (Å²) in [6, 6.07) is 0. The van der Waals surface area contributed by atoms with Gasteiger partial charge in [0.1, 0.15) is 0 Å². The van der Waals surface area contributed by atoms with E-state index in [-0.39, 0.29) is 11.5 Å². The van der Waals surface area contributed by atoms with E-state index in [9.17, 15) is 5.11 Å². The summed E-state index contributed by atoms with van der Waals surface area (Å²) in [5, 5.41) is 11.0. The van der Waals surface area contributed by atoms with Crippen molar-refractivity contribution in [1.29, 1.82) is 0 Å². The Bertz CT molecular complexity index is 1210. The Morgan fingerprint density at radius 1 is 0.744 bits per heavy atom. The molecule has 1 rings (SSSR count). The van der Waals surface area contributed by atoms with Crippen LogP contribution in [0.1, 0.15) is 94.9 Å². The number of allylic oxidation sites excluding steroid dienone is 21. The number of hydrogen-bond donors (Lipinski definition) is 1. The molecule has 2 heteroatoms. The zero-order chi connectivity index (χ0) is 32.5.